The summed E-state index contributed by atoms with van der Waals surface area (Å²) in [7, 11) is 0. The monoisotopic (exact) mass is 341 g/mol. The van der Waals surface area contributed by atoms with E-state index < -0.39 is 0 Å². The molecule has 1 heterocycles. The maximum atomic E-state index is 12.3. The SMILES string of the molecule is CCCOc1ccccc1OCC(=O)N[C@H]1CCOc2ccccc21. The van der Waals surface area contributed by atoms with Crippen molar-refractivity contribution in [1.29, 1.82) is 0 Å². The van der Waals surface area contributed by atoms with E-state index in [1.165, 1.54) is 0 Å². The second kappa shape index (κ2) is 8.42. The van der Waals surface area contributed by atoms with Gasteiger partial charge in [-0.2, -0.15) is 0 Å². The molecule has 0 aromatic heterocycles. The third kappa shape index (κ3) is 4.44. The highest BCUT2D eigenvalue weighted by Crippen LogP contribution is 2.31. The van der Waals surface area contributed by atoms with Crippen molar-refractivity contribution in [2.75, 3.05) is 19.8 Å². The van der Waals surface area contributed by atoms with E-state index >= 15 is 0 Å². The molecule has 0 radical (unpaired) electrons. The minimum Gasteiger partial charge on any atom is -0.493 e. The van der Waals surface area contributed by atoms with Gasteiger partial charge < -0.3 is 19.5 Å². The van der Waals surface area contributed by atoms with Gasteiger partial charge in [-0.3, -0.25) is 4.79 Å². The highest BCUT2D eigenvalue weighted by Gasteiger charge is 2.22. The lowest BCUT2D eigenvalue weighted by Gasteiger charge is -2.26. The average molecular weight is 341 g/mol. The van der Waals surface area contributed by atoms with Gasteiger partial charge in [-0.1, -0.05) is 37.3 Å². The van der Waals surface area contributed by atoms with Crippen LogP contribution < -0.4 is 19.5 Å². The number of benzene rings is 2. The van der Waals surface area contributed by atoms with E-state index in [4.69, 9.17) is 14.2 Å². The Hall–Kier alpha value is -2.69. The van der Waals surface area contributed by atoms with Crippen molar-refractivity contribution >= 4 is 5.91 Å². The first-order chi connectivity index (χ1) is 12.3. The molecule has 5 heteroatoms. The molecule has 1 aliphatic rings. The molecule has 132 valence electrons. The quantitative estimate of drug-likeness (QED) is 0.837. The molecule has 0 aliphatic carbocycles. The number of para-hydroxylation sites is 3. The highest BCUT2D eigenvalue weighted by atomic mass is 16.5. The molecule has 0 fully saturated rings. The number of hydrogen-bond acceptors (Lipinski definition) is 4. The zero-order valence-corrected chi connectivity index (χ0v) is 14.4. The standard InChI is InChI=1S/C20H23NO4/c1-2-12-23-18-9-5-6-10-19(18)25-14-20(22)21-16-11-13-24-17-8-4-3-7-15(16)17/h3-10,16H,2,11-14H2,1H3,(H,21,22)/t16-/m0/s1. The maximum absolute atomic E-state index is 12.3. The second-order valence-electron chi connectivity index (χ2n) is 5.88. The Morgan fingerprint density at radius 1 is 1.12 bits per heavy atom. The number of nitrogens with one attached hydrogen (secondary N) is 1. The van der Waals surface area contributed by atoms with Crippen LogP contribution >= 0.6 is 0 Å². The van der Waals surface area contributed by atoms with E-state index in [2.05, 4.69) is 5.32 Å². The molecule has 25 heavy (non-hydrogen) atoms. The molecule has 0 saturated carbocycles. The Labute approximate surface area is 147 Å². The molecule has 3 rings (SSSR count). The fraction of sp³-hybridized carbons (Fsp3) is 0.350. The van der Waals surface area contributed by atoms with E-state index in [-0.39, 0.29) is 18.6 Å². The number of hydrogen-bond donors (Lipinski definition) is 1. The van der Waals surface area contributed by atoms with Crippen molar-refractivity contribution in [2.24, 2.45) is 0 Å². The third-order valence-electron chi connectivity index (χ3n) is 3.96. The van der Waals surface area contributed by atoms with Crippen molar-refractivity contribution in [2.45, 2.75) is 25.8 Å². The summed E-state index contributed by atoms with van der Waals surface area (Å²) in [6, 6.07) is 15.1. The lowest BCUT2D eigenvalue weighted by molar-refractivity contribution is -0.124. The zero-order chi connectivity index (χ0) is 17.5. The Bertz CT molecular complexity index is 716. The number of amides is 1. The summed E-state index contributed by atoms with van der Waals surface area (Å²) >= 11 is 0. The number of carbonyl (C=O) groups excluding carboxylic acids is 1. The van der Waals surface area contributed by atoms with Crippen LogP contribution in [0.3, 0.4) is 0 Å². The van der Waals surface area contributed by atoms with Crippen molar-refractivity contribution < 1.29 is 19.0 Å². The predicted octanol–water partition coefficient (Wildman–Crippen LogP) is 3.49. The van der Waals surface area contributed by atoms with Gasteiger partial charge >= 0.3 is 0 Å². The largest absolute Gasteiger partial charge is 0.493 e. The minimum atomic E-state index is -0.160. The predicted molar refractivity (Wildman–Crippen MR) is 95.2 cm³/mol. The van der Waals surface area contributed by atoms with Crippen LogP contribution in [0.4, 0.5) is 0 Å². The summed E-state index contributed by atoms with van der Waals surface area (Å²) < 4.78 is 16.9. The topological polar surface area (TPSA) is 56.8 Å². The summed E-state index contributed by atoms with van der Waals surface area (Å²) in [6.07, 6.45) is 1.66. The summed E-state index contributed by atoms with van der Waals surface area (Å²) in [5.74, 6) is 1.91. The van der Waals surface area contributed by atoms with Crippen LogP contribution in [0.1, 0.15) is 31.4 Å². The molecule has 1 atom stereocenters. The molecule has 2 aromatic rings. The van der Waals surface area contributed by atoms with Crippen LogP contribution in [0.2, 0.25) is 0 Å². The minimum absolute atomic E-state index is 0.0485. The van der Waals surface area contributed by atoms with E-state index in [0.29, 0.717) is 24.7 Å². The summed E-state index contributed by atoms with van der Waals surface area (Å²) in [4.78, 5) is 12.3. The van der Waals surface area contributed by atoms with E-state index in [9.17, 15) is 4.79 Å². The highest BCUT2D eigenvalue weighted by molar-refractivity contribution is 5.78. The van der Waals surface area contributed by atoms with Crippen LogP contribution in [0, 0.1) is 0 Å². The Morgan fingerprint density at radius 3 is 2.64 bits per heavy atom. The van der Waals surface area contributed by atoms with Crippen LogP contribution in [0.5, 0.6) is 17.2 Å². The molecule has 2 aromatic carbocycles. The molecule has 0 spiro atoms. The fourth-order valence-corrected chi connectivity index (χ4v) is 2.77. The van der Waals surface area contributed by atoms with Gasteiger partial charge in [0, 0.05) is 12.0 Å². The molecular formula is C20H23NO4. The lowest BCUT2D eigenvalue weighted by atomic mass is 10.0. The van der Waals surface area contributed by atoms with Gasteiger partial charge in [-0.25, -0.2) is 0 Å². The smallest absolute Gasteiger partial charge is 0.258 e. The molecule has 1 amide bonds. The Kier molecular flexibility index (Phi) is 5.77. The van der Waals surface area contributed by atoms with Gasteiger partial charge in [0.05, 0.1) is 19.3 Å². The zero-order valence-electron chi connectivity index (χ0n) is 14.4. The fourth-order valence-electron chi connectivity index (χ4n) is 2.77. The summed E-state index contributed by atoms with van der Waals surface area (Å²) in [5, 5.41) is 3.02. The number of carbonyl (C=O) groups is 1. The Morgan fingerprint density at radius 2 is 1.84 bits per heavy atom. The number of rotatable bonds is 7. The number of ether oxygens (including phenoxy) is 3. The van der Waals surface area contributed by atoms with Crippen LogP contribution in [-0.2, 0) is 4.79 Å². The first-order valence-electron chi connectivity index (χ1n) is 8.63. The van der Waals surface area contributed by atoms with Gasteiger partial charge in [0.2, 0.25) is 0 Å². The molecular weight excluding hydrogens is 318 g/mol. The van der Waals surface area contributed by atoms with Crippen LogP contribution in [0.25, 0.3) is 0 Å². The normalized spacial score (nSPS) is 15.6. The molecule has 0 bridgehead atoms. The second-order valence-corrected chi connectivity index (χ2v) is 5.88. The van der Waals surface area contributed by atoms with Crippen LogP contribution in [-0.4, -0.2) is 25.7 Å². The van der Waals surface area contributed by atoms with E-state index in [0.717, 1.165) is 24.2 Å². The Balaban J connectivity index is 1.58. The van der Waals surface area contributed by atoms with Gasteiger partial charge in [0.15, 0.2) is 18.1 Å². The van der Waals surface area contributed by atoms with Crippen molar-refractivity contribution in [3.8, 4) is 17.2 Å². The van der Waals surface area contributed by atoms with Crippen LogP contribution in [0.15, 0.2) is 48.5 Å². The summed E-state index contributed by atoms with van der Waals surface area (Å²) in [5.41, 5.74) is 1.01. The lowest BCUT2D eigenvalue weighted by Crippen LogP contribution is -2.35. The molecule has 1 aliphatic heterocycles. The average Bonchev–Trinajstić information content (AvgIpc) is 2.65. The summed E-state index contributed by atoms with van der Waals surface area (Å²) in [6.45, 7) is 3.20. The van der Waals surface area contributed by atoms with Gasteiger partial charge in [0.1, 0.15) is 5.75 Å². The van der Waals surface area contributed by atoms with Gasteiger partial charge in [-0.05, 0) is 24.6 Å². The van der Waals surface area contributed by atoms with Gasteiger partial charge in [-0.15, -0.1) is 0 Å². The molecule has 0 unspecified atom stereocenters. The van der Waals surface area contributed by atoms with Crippen molar-refractivity contribution in [3.05, 3.63) is 54.1 Å². The first kappa shape index (κ1) is 17.1. The van der Waals surface area contributed by atoms with E-state index in [1.807, 2.05) is 55.5 Å². The third-order valence-corrected chi connectivity index (χ3v) is 3.96. The maximum Gasteiger partial charge on any atom is 0.258 e. The van der Waals surface area contributed by atoms with E-state index in [1.54, 1.807) is 0 Å². The van der Waals surface area contributed by atoms with Gasteiger partial charge in [0.25, 0.3) is 5.91 Å². The molecule has 0 saturated heterocycles. The van der Waals surface area contributed by atoms with Crippen molar-refractivity contribution in [3.63, 3.8) is 0 Å². The molecule has 1 N–H and O–H groups in total. The first-order valence-corrected chi connectivity index (χ1v) is 8.63. The number of fused-ring (bicyclic) bond motifs is 1. The molecule has 5 nitrogen and oxygen atoms in total. The van der Waals surface area contributed by atoms with Crippen molar-refractivity contribution in [1.82, 2.24) is 5.32 Å².